The highest BCUT2D eigenvalue weighted by Gasteiger charge is 2.62. The van der Waals surface area contributed by atoms with E-state index in [2.05, 4.69) is 26.6 Å². The summed E-state index contributed by atoms with van der Waals surface area (Å²) in [6.07, 6.45) is -84.6. The van der Waals surface area contributed by atoms with Crippen molar-refractivity contribution < 1.29 is 232 Å². The van der Waals surface area contributed by atoms with Crippen LogP contribution in [0.4, 0.5) is 0 Å². The Kier molecular flexibility index (Phi) is 36.0. The Morgan fingerprint density at radius 2 is 0.619 bits per heavy atom. The quantitative estimate of drug-likeness (QED) is 0.0266. The fourth-order valence-corrected chi connectivity index (χ4v) is 15.0. The highest BCUT2D eigenvalue weighted by molar-refractivity contribution is 5.74. The van der Waals surface area contributed by atoms with Gasteiger partial charge in [-0.3, -0.25) is 24.0 Å². The number of rotatable bonds is 34. The Balaban J connectivity index is 1.05. The van der Waals surface area contributed by atoms with E-state index in [1.807, 2.05) is 0 Å². The Bertz CT molecular complexity index is 3140. The maximum absolute atomic E-state index is 13.5. The lowest BCUT2D eigenvalue weighted by atomic mass is 9.93. The molecule has 0 bridgehead atoms. The molecular weight excluding hydrogens is 1610 g/mol. The Morgan fingerprint density at radius 1 is 0.297 bits per heavy atom. The molecule has 9 aliphatic heterocycles. The van der Waals surface area contributed by atoms with Gasteiger partial charge in [0.1, 0.15) is 213 Å². The molecule has 5 amide bonds. The molecule has 0 aromatic heterocycles. The van der Waals surface area contributed by atoms with Gasteiger partial charge in [0.2, 0.25) is 30.0 Å². The molecule has 0 saturated carbocycles. The second-order valence-electron chi connectivity index (χ2n) is 29.6. The van der Waals surface area contributed by atoms with E-state index in [9.17, 15) is 147 Å². The summed E-state index contributed by atoms with van der Waals surface area (Å²) >= 11 is 0. The van der Waals surface area contributed by atoms with Crippen LogP contribution in [-0.2, 0) is 109 Å². The van der Waals surface area contributed by atoms with Gasteiger partial charge in [-0.05, 0) is 6.92 Å². The fourth-order valence-electron chi connectivity index (χ4n) is 15.0. The van der Waals surface area contributed by atoms with Gasteiger partial charge in [-0.1, -0.05) is 0 Å². The summed E-state index contributed by atoms with van der Waals surface area (Å²) in [6.45, 7) is -5.05. The largest absolute Gasteiger partial charge is 0.394 e. The minimum absolute atomic E-state index is 0.243. The van der Waals surface area contributed by atoms with Gasteiger partial charge in [0.25, 0.3) is 0 Å². The van der Waals surface area contributed by atoms with Crippen LogP contribution in [0.3, 0.4) is 0 Å². The smallest absolute Gasteiger partial charge is 0.217 e. The highest BCUT2D eigenvalue weighted by Crippen LogP contribution is 2.41. The van der Waals surface area contributed by atoms with Crippen LogP contribution in [0.5, 0.6) is 0 Å². The minimum atomic E-state index is -2.51. The molecular formula is C66H111N5O47. The molecule has 9 rings (SSSR count). The van der Waals surface area contributed by atoms with E-state index < -0.39 is 372 Å². The lowest BCUT2D eigenvalue weighted by Crippen LogP contribution is -2.71. The van der Waals surface area contributed by atoms with Gasteiger partial charge in [0.15, 0.2) is 56.6 Å². The molecule has 9 fully saturated rings. The standard InChI is InChI=1S/C66H111N5O47/c1-17-35(85)45(95)47(97)63(103-17)118-57-56(117-60-32(69-19(3)82)44(94)37(87)24(8-74)106-60)41(91)28(12-78)109-66(57)114-52-33(70-20(4)83)58(104-25(9-75)38(52)88)102-15-30-42(92)55(115-59-31(68-18(2)81)43(93)36(86)23(7-73)105-59)50(100)65(111-30)113-53-34(71-21(5)84)61(107-26(10-76)39(53)89)116-54-40(90)27(11-77)108-64(49(54)99)112-51-29(13-79)110-62(48(98)46(51)96)101-14-22(6-72)67-16-80/h16-17,22-66,72-79,85-100H,6-15H2,1-5H3,(H,67,80)(H,68,81)(H,69,82)(H,70,83)(H,71,84)/t17-,22+,23+,24+,25+,26+,27+,28+,29+,30+,31+,32+,33+,34+,35+,36+,37-,38+,39+,40-,41-,42-,43+,44+,45+,46+,47-,48+,49+,50+,51+,52+,53+,54-,55-,56-,57+,58+,59-,60+,61-,62+,63-,64-,65-,66-/m0/s1. The van der Waals surface area contributed by atoms with Crippen molar-refractivity contribution in [2.24, 2.45) is 0 Å². The number of aliphatic hydroxyl groups excluding tert-OH is 24. The Labute approximate surface area is 669 Å². The van der Waals surface area contributed by atoms with Gasteiger partial charge in [0, 0.05) is 27.7 Å². The summed E-state index contributed by atoms with van der Waals surface area (Å²) in [5.41, 5.74) is 0. The molecule has 0 aliphatic carbocycles. The molecule has 9 saturated heterocycles. The highest BCUT2D eigenvalue weighted by atomic mass is 16.8. The number of amides is 5. The molecule has 9 aliphatic rings. The van der Waals surface area contributed by atoms with Crippen molar-refractivity contribution in [2.45, 2.75) is 317 Å². The van der Waals surface area contributed by atoms with Crippen molar-refractivity contribution in [1.29, 1.82) is 0 Å². The van der Waals surface area contributed by atoms with E-state index in [0.717, 1.165) is 27.7 Å². The molecule has 46 atom stereocenters. The van der Waals surface area contributed by atoms with Gasteiger partial charge in [-0.15, -0.1) is 0 Å². The third-order valence-electron chi connectivity index (χ3n) is 21.3. The van der Waals surface area contributed by atoms with Crippen molar-refractivity contribution in [3.63, 3.8) is 0 Å². The van der Waals surface area contributed by atoms with Crippen LogP contribution in [-0.4, -0.2) is 501 Å². The molecule has 0 spiro atoms. The maximum atomic E-state index is 13.5. The van der Waals surface area contributed by atoms with Crippen molar-refractivity contribution in [1.82, 2.24) is 26.6 Å². The second kappa shape index (κ2) is 43.5. The molecule has 52 nitrogen and oxygen atoms in total. The Hall–Kier alpha value is -4.33. The summed E-state index contributed by atoms with van der Waals surface area (Å²) < 4.78 is 108. The summed E-state index contributed by atoms with van der Waals surface area (Å²) in [4.78, 5) is 63.2. The normalized spacial score (nSPS) is 47.2. The first-order valence-electron chi connectivity index (χ1n) is 37.7. The number of hydrogen-bond acceptors (Lipinski definition) is 47. The summed E-state index contributed by atoms with van der Waals surface area (Å²) in [7, 11) is 0. The lowest BCUT2D eigenvalue weighted by Gasteiger charge is -2.51. The molecule has 9 heterocycles. The SMILES string of the molecule is CC(=O)N[C@H]1[C@@H](O[C@H]2[C@@H](O)[C@@H](CO)O[C@@H](O[C@H]3[C@H](O)[C@@H](CO)O[C@@H](OC[C@H]4O[C@@H](O[C@H]5[C@H](O)[C@@H](CO)O[C@@H](O[C@H]6[C@@H](O)[C@@H](CO)O[C@@H](O[C@H]7[C@H](O)[C@@H](O)[C@H](OC[C@@H](CO)NC=O)O[C@@H]7CO)[C@@H]6O)[C@@H]5NC(C)=O)[C@H](O)[C@@H](O[C@@H]5O[C@H](CO)[C@@H](O)[C@H](O)[C@H]5NC(C)=O)[C@H]4O)[C@@H]3NC(C)=O)[C@@H]2O[C@@H]2O[C@@H](C)[C@@H](O)[C@@H](O)[C@@H]2O)O[C@H](CO)[C@H](O)[C@@H]1O. The topological polar surface area (TPSA) is 797 Å². The second-order valence-corrected chi connectivity index (χ2v) is 29.6. The molecule has 118 heavy (non-hydrogen) atoms. The zero-order valence-corrected chi connectivity index (χ0v) is 63.8. The van der Waals surface area contributed by atoms with Gasteiger partial charge >= 0.3 is 0 Å². The van der Waals surface area contributed by atoms with Crippen LogP contribution >= 0.6 is 0 Å². The maximum Gasteiger partial charge on any atom is 0.217 e. The first-order valence-corrected chi connectivity index (χ1v) is 37.7. The van der Waals surface area contributed by atoms with Crippen LogP contribution in [0.25, 0.3) is 0 Å². The number of carbonyl (C=O) groups is 5. The molecule has 0 unspecified atom stereocenters. The lowest BCUT2D eigenvalue weighted by molar-refractivity contribution is -0.398. The van der Waals surface area contributed by atoms with E-state index in [1.165, 1.54) is 6.92 Å². The zero-order chi connectivity index (χ0) is 86.9. The number of carbonyl (C=O) groups excluding carboxylic acids is 5. The third kappa shape index (κ3) is 22.1. The van der Waals surface area contributed by atoms with Crippen molar-refractivity contribution >= 4 is 30.0 Å². The average Bonchev–Trinajstić information content (AvgIpc) is 0.764. The molecule has 52 heteroatoms. The van der Waals surface area contributed by atoms with Crippen LogP contribution < -0.4 is 26.6 Å². The number of nitrogens with one attached hydrogen (secondary N) is 5. The van der Waals surface area contributed by atoms with Crippen LogP contribution in [0.2, 0.25) is 0 Å². The predicted molar refractivity (Wildman–Crippen MR) is 366 cm³/mol. The van der Waals surface area contributed by atoms with Gasteiger partial charge in [-0.25, -0.2) is 0 Å². The van der Waals surface area contributed by atoms with Crippen molar-refractivity contribution in [3.8, 4) is 0 Å². The fraction of sp³-hybridized carbons (Fsp3) is 0.924. The van der Waals surface area contributed by atoms with Crippen LogP contribution in [0.1, 0.15) is 34.6 Å². The first kappa shape index (κ1) is 97.5. The monoisotopic (exact) mass is 1730 g/mol. The number of aliphatic hydroxyl groups is 24. The molecule has 0 aromatic carbocycles. The molecule has 0 radical (unpaired) electrons. The van der Waals surface area contributed by atoms with Gasteiger partial charge in [0.05, 0.1) is 78.2 Å². The van der Waals surface area contributed by atoms with E-state index in [1.54, 1.807) is 0 Å². The summed E-state index contributed by atoms with van der Waals surface area (Å²) in [5.74, 6) is -3.78. The van der Waals surface area contributed by atoms with Crippen LogP contribution in [0.15, 0.2) is 0 Å². The Morgan fingerprint density at radius 3 is 1.07 bits per heavy atom. The predicted octanol–water partition coefficient (Wildman–Crippen LogP) is -19.9. The van der Waals surface area contributed by atoms with Crippen molar-refractivity contribution in [2.75, 3.05) is 66.1 Å². The number of hydrogen-bond donors (Lipinski definition) is 29. The summed E-state index contributed by atoms with van der Waals surface area (Å²) in [5, 5.41) is 281. The third-order valence-corrected chi connectivity index (χ3v) is 21.3. The molecule has 29 N–H and O–H groups in total. The van der Waals surface area contributed by atoms with Crippen LogP contribution in [0, 0.1) is 0 Å². The number of ether oxygens (including phenoxy) is 18. The molecule has 0 aromatic rings. The van der Waals surface area contributed by atoms with Gasteiger partial charge < -0.3 is 234 Å². The zero-order valence-electron chi connectivity index (χ0n) is 63.8. The first-order chi connectivity index (χ1) is 55.9. The van der Waals surface area contributed by atoms with E-state index >= 15 is 0 Å². The summed E-state index contributed by atoms with van der Waals surface area (Å²) in [6, 6.07) is -8.71. The molecule has 682 valence electrons. The van der Waals surface area contributed by atoms with E-state index in [0.29, 0.717) is 0 Å². The average molecular weight is 1730 g/mol. The van der Waals surface area contributed by atoms with Crippen molar-refractivity contribution in [3.05, 3.63) is 0 Å². The minimum Gasteiger partial charge on any atom is -0.394 e. The van der Waals surface area contributed by atoms with Gasteiger partial charge in [-0.2, -0.15) is 0 Å². The van der Waals surface area contributed by atoms with E-state index in [4.69, 9.17) is 85.3 Å². The van der Waals surface area contributed by atoms with E-state index in [-0.39, 0.29) is 6.41 Å².